The van der Waals surface area contributed by atoms with Crippen LogP contribution in [0, 0.1) is 5.41 Å². The number of pyridine rings is 2. The molecule has 30 heavy (non-hydrogen) atoms. The van der Waals surface area contributed by atoms with Crippen molar-refractivity contribution in [3.63, 3.8) is 0 Å². The van der Waals surface area contributed by atoms with E-state index in [9.17, 15) is 14.7 Å². The lowest BCUT2D eigenvalue weighted by molar-refractivity contribution is -0.139. The summed E-state index contributed by atoms with van der Waals surface area (Å²) in [6.07, 6.45) is 7.01. The Balaban J connectivity index is 1.47. The Morgan fingerprint density at radius 1 is 1.13 bits per heavy atom. The van der Waals surface area contributed by atoms with E-state index in [4.69, 9.17) is 0 Å². The van der Waals surface area contributed by atoms with Gasteiger partial charge >= 0.3 is 5.97 Å². The smallest absolute Gasteiger partial charge is 0.326 e. The van der Waals surface area contributed by atoms with Crippen LogP contribution in [0.4, 0.5) is 11.5 Å². The molecule has 0 spiro atoms. The molecule has 0 saturated heterocycles. The number of carbonyl (C=O) groups excluding carboxylic acids is 1. The van der Waals surface area contributed by atoms with Gasteiger partial charge in [0.25, 0.3) is 0 Å². The summed E-state index contributed by atoms with van der Waals surface area (Å²) in [5.74, 6) is -0.222. The first-order valence-corrected chi connectivity index (χ1v) is 9.65. The number of hydrogen-bond donors (Lipinski definition) is 3. The number of hydrogen-bond acceptors (Lipinski definition) is 6. The van der Waals surface area contributed by atoms with Crippen molar-refractivity contribution in [1.29, 1.82) is 0 Å². The van der Waals surface area contributed by atoms with E-state index in [1.807, 2.05) is 36.4 Å². The van der Waals surface area contributed by atoms with Crippen molar-refractivity contribution in [2.45, 2.75) is 26.3 Å². The molecule has 4 rings (SSSR count). The van der Waals surface area contributed by atoms with Gasteiger partial charge in [-0.3, -0.25) is 9.78 Å². The SMILES string of the molecule is CC1(C)C(=O)C=C1N[C@@H](Cc1ccc(Nc2nccc3cnccc23)cc1)C(=O)O. The van der Waals surface area contributed by atoms with E-state index < -0.39 is 17.4 Å². The van der Waals surface area contributed by atoms with Crippen molar-refractivity contribution in [1.82, 2.24) is 15.3 Å². The second-order valence-electron chi connectivity index (χ2n) is 7.86. The molecule has 1 aliphatic carbocycles. The summed E-state index contributed by atoms with van der Waals surface area (Å²) >= 11 is 0. The number of benzene rings is 1. The highest BCUT2D eigenvalue weighted by atomic mass is 16.4. The summed E-state index contributed by atoms with van der Waals surface area (Å²) < 4.78 is 0. The monoisotopic (exact) mass is 402 g/mol. The number of rotatable bonds is 7. The van der Waals surface area contributed by atoms with Crippen molar-refractivity contribution in [2.75, 3.05) is 5.32 Å². The Labute approximate surface area is 173 Å². The molecule has 2 aromatic heterocycles. The zero-order valence-corrected chi connectivity index (χ0v) is 16.7. The molecule has 1 aliphatic rings. The van der Waals surface area contributed by atoms with Gasteiger partial charge in [-0.25, -0.2) is 9.78 Å². The van der Waals surface area contributed by atoms with Gasteiger partial charge in [0, 0.05) is 53.2 Å². The molecule has 0 bridgehead atoms. The lowest BCUT2D eigenvalue weighted by Crippen LogP contribution is -2.48. The Hall–Kier alpha value is -3.74. The highest BCUT2D eigenvalue weighted by Gasteiger charge is 2.40. The first-order chi connectivity index (χ1) is 14.3. The lowest BCUT2D eigenvalue weighted by Gasteiger charge is -2.35. The van der Waals surface area contributed by atoms with Crippen LogP contribution < -0.4 is 10.6 Å². The van der Waals surface area contributed by atoms with Crippen LogP contribution >= 0.6 is 0 Å². The minimum Gasteiger partial charge on any atom is -0.480 e. The quantitative estimate of drug-likeness (QED) is 0.556. The van der Waals surface area contributed by atoms with Gasteiger partial charge in [-0.2, -0.15) is 0 Å². The molecule has 0 aliphatic heterocycles. The molecule has 0 fully saturated rings. The standard InChI is InChI=1S/C23H22N4O3/c1-23(2)19(12-20(23)28)27-18(22(29)30)11-14-3-5-16(6-4-14)26-21-17-8-9-24-13-15(17)7-10-25-21/h3-10,12-13,18,27H,11H2,1-2H3,(H,25,26)(H,29,30)/t18-/m0/s1. The van der Waals surface area contributed by atoms with E-state index in [0.717, 1.165) is 27.8 Å². The summed E-state index contributed by atoms with van der Waals surface area (Å²) in [7, 11) is 0. The Morgan fingerprint density at radius 2 is 1.90 bits per heavy atom. The van der Waals surface area contributed by atoms with Crippen molar-refractivity contribution >= 4 is 34.0 Å². The minimum atomic E-state index is -0.957. The second kappa shape index (κ2) is 7.59. The fourth-order valence-electron chi connectivity index (χ4n) is 3.37. The van der Waals surface area contributed by atoms with Crippen molar-refractivity contribution in [3.8, 4) is 0 Å². The number of aromatic nitrogens is 2. The molecule has 152 valence electrons. The van der Waals surface area contributed by atoms with Gasteiger partial charge in [-0.05, 0) is 43.7 Å². The molecule has 3 N–H and O–H groups in total. The number of nitrogens with zero attached hydrogens (tertiary/aromatic N) is 2. The summed E-state index contributed by atoms with van der Waals surface area (Å²) in [6.45, 7) is 3.57. The topological polar surface area (TPSA) is 104 Å². The predicted octanol–water partition coefficient (Wildman–Crippen LogP) is 3.45. The number of aliphatic carboxylic acids is 1. The lowest BCUT2D eigenvalue weighted by atomic mass is 9.74. The molecular weight excluding hydrogens is 380 g/mol. The summed E-state index contributed by atoms with van der Waals surface area (Å²) in [5, 5.41) is 17.9. The maximum Gasteiger partial charge on any atom is 0.326 e. The van der Waals surface area contributed by atoms with E-state index in [1.165, 1.54) is 6.08 Å². The van der Waals surface area contributed by atoms with Crippen molar-refractivity contribution in [2.24, 2.45) is 5.41 Å². The first-order valence-electron chi connectivity index (χ1n) is 9.65. The molecular formula is C23H22N4O3. The fourth-order valence-corrected chi connectivity index (χ4v) is 3.37. The van der Waals surface area contributed by atoms with Crippen LogP contribution in [0.15, 0.2) is 66.8 Å². The van der Waals surface area contributed by atoms with Gasteiger partial charge < -0.3 is 15.7 Å². The molecule has 1 aromatic carbocycles. The molecule has 0 saturated carbocycles. The average Bonchev–Trinajstić information content (AvgIpc) is 2.74. The van der Waals surface area contributed by atoms with Crippen LogP contribution in [0.2, 0.25) is 0 Å². The normalized spacial score (nSPS) is 15.8. The number of nitrogens with one attached hydrogen (secondary N) is 2. The molecule has 2 heterocycles. The summed E-state index contributed by atoms with van der Waals surface area (Å²) in [5.41, 5.74) is 1.74. The van der Waals surface area contributed by atoms with E-state index in [0.29, 0.717) is 12.1 Å². The van der Waals surface area contributed by atoms with E-state index in [2.05, 4.69) is 20.6 Å². The van der Waals surface area contributed by atoms with E-state index in [-0.39, 0.29) is 5.78 Å². The third kappa shape index (κ3) is 3.74. The van der Waals surface area contributed by atoms with E-state index >= 15 is 0 Å². The fraction of sp³-hybridized carbons (Fsp3) is 0.217. The molecule has 3 aromatic rings. The zero-order valence-electron chi connectivity index (χ0n) is 16.7. The Morgan fingerprint density at radius 3 is 2.57 bits per heavy atom. The van der Waals surface area contributed by atoms with Crippen LogP contribution in [0.3, 0.4) is 0 Å². The molecule has 0 unspecified atom stereocenters. The highest BCUT2D eigenvalue weighted by molar-refractivity contribution is 6.04. The molecule has 0 amide bonds. The van der Waals surface area contributed by atoms with Crippen LogP contribution in [-0.4, -0.2) is 32.9 Å². The van der Waals surface area contributed by atoms with Crippen LogP contribution in [-0.2, 0) is 16.0 Å². The van der Waals surface area contributed by atoms with Gasteiger partial charge in [-0.15, -0.1) is 0 Å². The summed E-state index contributed by atoms with van der Waals surface area (Å²) in [6, 6.07) is 10.6. The molecule has 1 atom stereocenters. The first kappa shape index (κ1) is 19.6. The van der Waals surface area contributed by atoms with Gasteiger partial charge in [-0.1, -0.05) is 12.1 Å². The maximum absolute atomic E-state index is 11.7. The largest absolute Gasteiger partial charge is 0.480 e. The number of fused-ring (bicyclic) bond motifs is 1. The Bertz CT molecular complexity index is 1150. The van der Waals surface area contributed by atoms with Gasteiger partial charge in [0.1, 0.15) is 11.9 Å². The molecule has 7 nitrogen and oxygen atoms in total. The maximum atomic E-state index is 11.7. The third-order valence-electron chi connectivity index (χ3n) is 5.41. The van der Waals surface area contributed by atoms with Crippen LogP contribution in [0.1, 0.15) is 19.4 Å². The third-order valence-corrected chi connectivity index (χ3v) is 5.41. The van der Waals surface area contributed by atoms with Crippen LogP contribution in [0.5, 0.6) is 0 Å². The Kier molecular flexibility index (Phi) is 4.95. The number of carboxylic acid groups (broad SMARTS) is 1. The average molecular weight is 402 g/mol. The van der Waals surface area contributed by atoms with Gasteiger partial charge in [0.2, 0.25) is 0 Å². The van der Waals surface area contributed by atoms with Gasteiger partial charge in [0.05, 0.1) is 5.41 Å². The summed E-state index contributed by atoms with van der Waals surface area (Å²) in [4.78, 5) is 31.9. The highest BCUT2D eigenvalue weighted by Crippen LogP contribution is 2.35. The van der Waals surface area contributed by atoms with Gasteiger partial charge in [0.15, 0.2) is 5.78 Å². The number of carbonyl (C=O) groups is 2. The second-order valence-corrected chi connectivity index (χ2v) is 7.86. The van der Waals surface area contributed by atoms with Crippen molar-refractivity contribution < 1.29 is 14.7 Å². The zero-order chi connectivity index (χ0) is 21.3. The molecule has 7 heteroatoms. The minimum absolute atomic E-state index is 0.00222. The molecule has 0 radical (unpaired) electrons. The number of anilines is 2. The number of ketones is 1. The predicted molar refractivity (Wildman–Crippen MR) is 114 cm³/mol. The number of carboxylic acids is 1. The van der Waals surface area contributed by atoms with E-state index in [1.54, 1.807) is 32.4 Å². The van der Waals surface area contributed by atoms with Crippen LogP contribution in [0.25, 0.3) is 10.8 Å². The number of allylic oxidation sites excluding steroid dienone is 2. The van der Waals surface area contributed by atoms with Crippen molar-refractivity contribution in [3.05, 3.63) is 72.3 Å².